The summed E-state index contributed by atoms with van der Waals surface area (Å²) in [5, 5.41) is 22.2. The maximum Gasteiger partial charge on any atom is 0.172 e. The molecule has 1 N–H and O–H groups in total. The number of thiazole rings is 1. The quantitative estimate of drug-likeness (QED) is 0.528. The minimum absolute atomic E-state index is 0.0446. The molecule has 0 amide bonds. The fourth-order valence-corrected chi connectivity index (χ4v) is 3.64. The van der Waals surface area contributed by atoms with Gasteiger partial charge in [-0.3, -0.25) is 0 Å². The molecule has 3 rings (SSSR count). The Kier molecular flexibility index (Phi) is 5.71. The lowest BCUT2D eigenvalue weighted by Crippen LogP contribution is -1.93. The number of allylic oxidation sites excluding steroid dienone is 1. The summed E-state index contributed by atoms with van der Waals surface area (Å²) in [7, 11) is 0. The number of ether oxygens (including phenoxy) is 1. The van der Waals surface area contributed by atoms with Gasteiger partial charge in [-0.15, -0.1) is 11.3 Å². The number of aromatic nitrogens is 1. The molecule has 0 unspecified atom stereocenters. The molecule has 0 aliphatic carbocycles. The Balaban J connectivity index is 1.97. The number of hydrogen-bond donors (Lipinski definition) is 1. The predicted octanol–water partition coefficient (Wildman–Crippen LogP) is 5.74. The van der Waals surface area contributed by atoms with Crippen LogP contribution >= 0.6 is 27.3 Å². The second kappa shape index (κ2) is 8.17. The summed E-state index contributed by atoms with van der Waals surface area (Å²) in [6.07, 6.45) is 1.74. The molecule has 1 aromatic heterocycles. The first-order valence-corrected chi connectivity index (χ1v) is 9.58. The fraction of sp³-hybridized carbons (Fsp3) is 0.100. The Labute approximate surface area is 164 Å². The smallest absolute Gasteiger partial charge is 0.172 e. The van der Waals surface area contributed by atoms with Gasteiger partial charge in [0.05, 0.1) is 22.3 Å². The highest BCUT2D eigenvalue weighted by molar-refractivity contribution is 9.10. The third kappa shape index (κ3) is 3.96. The summed E-state index contributed by atoms with van der Waals surface area (Å²) in [4.78, 5) is 4.58. The SMILES string of the molecule is CCOc1cc(/C=C(/C#N)c2nc(-c3ccccc3)cs2)cc(Br)c1O. The molecular weight excluding hydrogens is 412 g/mol. The van der Waals surface area contributed by atoms with Gasteiger partial charge in [-0.1, -0.05) is 30.3 Å². The summed E-state index contributed by atoms with van der Waals surface area (Å²) >= 11 is 4.74. The zero-order valence-corrected chi connectivity index (χ0v) is 16.3. The molecule has 6 heteroatoms. The fourth-order valence-electron chi connectivity index (χ4n) is 2.39. The highest BCUT2D eigenvalue weighted by Gasteiger charge is 2.12. The Morgan fingerprint density at radius 2 is 2.12 bits per heavy atom. The second-order valence-electron chi connectivity index (χ2n) is 5.36. The number of phenolic OH excluding ortho intramolecular Hbond substituents is 1. The number of aromatic hydroxyl groups is 1. The van der Waals surface area contributed by atoms with Crippen LogP contribution in [0.4, 0.5) is 0 Å². The van der Waals surface area contributed by atoms with Gasteiger partial charge in [0.2, 0.25) is 0 Å². The summed E-state index contributed by atoms with van der Waals surface area (Å²) in [6.45, 7) is 2.28. The molecule has 0 bridgehead atoms. The number of rotatable bonds is 5. The zero-order valence-electron chi connectivity index (χ0n) is 13.9. The molecule has 3 aromatic rings. The van der Waals surface area contributed by atoms with Gasteiger partial charge in [0, 0.05) is 10.9 Å². The largest absolute Gasteiger partial charge is 0.503 e. The van der Waals surface area contributed by atoms with Crippen LogP contribution < -0.4 is 4.74 Å². The van der Waals surface area contributed by atoms with Crippen LogP contribution in [0.5, 0.6) is 11.5 Å². The van der Waals surface area contributed by atoms with Gasteiger partial charge < -0.3 is 9.84 Å². The van der Waals surface area contributed by atoms with Crippen molar-refractivity contribution in [1.29, 1.82) is 5.26 Å². The molecule has 0 atom stereocenters. The van der Waals surface area contributed by atoms with Gasteiger partial charge >= 0.3 is 0 Å². The Morgan fingerprint density at radius 1 is 1.35 bits per heavy atom. The van der Waals surface area contributed by atoms with Crippen LogP contribution in [0, 0.1) is 11.3 Å². The van der Waals surface area contributed by atoms with Crippen LogP contribution in [0.25, 0.3) is 22.9 Å². The Bertz CT molecular complexity index is 991. The molecule has 130 valence electrons. The lowest BCUT2D eigenvalue weighted by Gasteiger charge is -2.08. The van der Waals surface area contributed by atoms with E-state index in [9.17, 15) is 10.4 Å². The second-order valence-corrected chi connectivity index (χ2v) is 7.07. The third-order valence-corrected chi connectivity index (χ3v) is 5.07. The van der Waals surface area contributed by atoms with Gasteiger partial charge in [-0.2, -0.15) is 5.26 Å². The lowest BCUT2D eigenvalue weighted by molar-refractivity contribution is 0.317. The van der Waals surface area contributed by atoms with Crippen molar-refractivity contribution < 1.29 is 9.84 Å². The first-order chi connectivity index (χ1) is 12.6. The van der Waals surface area contributed by atoms with Gasteiger partial charge in [0.25, 0.3) is 0 Å². The number of hydrogen-bond acceptors (Lipinski definition) is 5. The molecule has 0 saturated heterocycles. The number of nitriles is 1. The first-order valence-electron chi connectivity index (χ1n) is 7.90. The Morgan fingerprint density at radius 3 is 2.81 bits per heavy atom. The molecular formula is C20H15BrN2O2S. The molecule has 4 nitrogen and oxygen atoms in total. The van der Waals surface area contributed by atoms with E-state index in [-0.39, 0.29) is 5.75 Å². The van der Waals surface area contributed by atoms with E-state index in [1.54, 1.807) is 18.2 Å². The number of nitrogens with zero attached hydrogens (tertiary/aromatic N) is 2. The highest BCUT2D eigenvalue weighted by Crippen LogP contribution is 2.37. The van der Waals surface area contributed by atoms with E-state index in [2.05, 4.69) is 27.0 Å². The van der Waals surface area contributed by atoms with Gasteiger partial charge in [0.15, 0.2) is 11.5 Å². The monoisotopic (exact) mass is 426 g/mol. The summed E-state index contributed by atoms with van der Waals surface area (Å²) in [6, 6.07) is 15.5. The van der Waals surface area contributed by atoms with Crippen molar-refractivity contribution in [1.82, 2.24) is 4.98 Å². The molecule has 0 aliphatic rings. The van der Waals surface area contributed by atoms with Crippen molar-refractivity contribution in [3.05, 3.63) is 62.9 Å². The van der Waals surface area contributed by atoms with Crippen molar-refractivity contribution >= 4 is 38.9 Å². The number of phenols is 1. The molecule has 0 radical (unpaired) electrons. The first kappa shape index (κ1) is 18.2. The van der Waals surface area contributed by atoms with Crippen molar-refractivity contribution in [3.63, 3.8) is 0 Å². The molecule has 1 heterocycles. The van der Waals surface area contributed by atoms with Gasteiger partial charge in [0.1, 0.15) is 11.1 Å². The van der Waals surface area contributed by atoms with Crippen LogP contribution in [0.2, 0.25) is 0 Å². The number of benzene rings is 2. The van der Waals surface area contributed by atoms with Crippen LogP contribution in [0.1, 0.15) is 17.5 Å². The summed E-state index contributed by atoms with van der Waals surface area (Å²) in [5.74, 6) is 0.414. The highest BCUT2D eigenvalue weighted by atomic mass is 79.9. The van der Waals surface area contributed by atoms with Gasteiger partial charge in [-0.05, 0) is 46.6 Å². The zero-order chi connectivity index (χ0) is 18.5. The lowest BCUT2D eigenvalue weighted by atomic mass is 10.1. The van der Waals surface area contributed by atoms with E-state index in [1.807, 2.05) is 42.6 Å². The minimum Gasteiger partial charge on any atom is -0.503 e. The van der Waals surface area contributed by atoms with Gasteiger partial charge in [-0.25, -0.2) is 4.98 Å². The Hall–Kier alpha value is -2.62. The van der Waals surface area contributed by atoms with E-state index < -0.39 is 0 Å². The molecule has 0 fully saturated rings. The topological polar surface area (TPSA) is 66.1 Å². The molecule has 0 saturated carbocycles. The van der Waals surface area contributed by atoms with E-state index >= 15 is 0 Å². The maximum atomic E-state index is 10.0. The van der Waals surface area contributed by atoms with Crippen LogP contribution in [-0.4, -0.2) is 16.7 Å². The van der Waals surface area contributed by atoms with E-state index in [0.717, 1.165) is 16.8 Å². The predicted molar refractivity (Wildman–Crippen MR) is 108 cm³/mol. The van der Waals surface area contributed by atoms with Crippen LogP contribution in [0.15, 0.2) is 52.3 Å². The maximum absolute atomic E-state index is 10.0. The number of halogens is 1. The summed E-state index contributed by atoms with van der Waals surface area (Å²) < 4.78 is 5.95. The van der Waals surface area contributed by atoms with E-state index in [4.69, 9.17) is 4.74 Å². The minimum atomic E-state index is 0.0446. The van der Waals surface area contributed by atoms with Crippen molar-refractivity contribution in [2.24, 2.45) is 0 Å². The summed E-state index contributed by atoms with van der Waals surface area (Å²) in [5.41, 5.74) is 3.05. The molecule has 26 heavy (non-hydrogen) atoms. The molecule has 0 aliphatic heterocycles. The van der Waals surface area contributed by atoms with Crippen LogP contribution in [0.3, 0.4) is 0 Å². The average molecular weight is 427 g/mol. The standard InChI is InChI=1S/C20H15BrN2O2S/c1-2-25-18-10-13(9-16(21)19(18)24)8-15(11-22)20-23-17(12-26-20)14-6-4-3-5-7-14/h3-10,12,24H,2H2,1H3/b15-8-. The normalized spacial score (nSPS) is 11.2. The molecule has 0 spiro atoms. The molecule has 2 aromatic carbocycles. The van der Waals surface area contributed by atoms with E-state index in [1.165, 1.54) is 11.3 Å². The van der Waals surface area contributed by atoms with Crippen molar-refractivity contribution in [2.45, 2.75) is 6.92 Å². The average Bonchev–Trinajstić information content (AvgIpc) is 3.14. The van der Waals surface area contributed by atoms with Crippen LogP contribution in [-0.2, 0) is 0 Å². The van der Waals surface area contributed by atoms with Crippen molar-refractivity contribution in [3.8, 4) is 28.8 Å². The van der Waals surface area contributed by atoms with Crippen molar-refractivity contribution in [2.75, 3.05) is 6.61 Å². The third-order valence-electron chi connectivity index (χ3n) is 3.59. The van der Waals surface area contributed by atoms with E-state index in [0.29, 0.717) is 27.4 Å².